The third-order valence-corrected chi connectivity index (χ3v) is 8.53. The number of nitrogens with one attached hydrogen (secondary N) is 1. The number of benzene rings is 2. The van der Waals surface area contributed by atoms with Crippen LogP contribution in [-0.4, -0.2) is 133 Å². The molecule has 3 fully saturated rings. The van der Waals surface area contributed by atoms with Crippen LogP contribution < -0.4 is 5.32 Å². The minimum atomic E-state index is -0.800. The van der Waals surface area contributed by atoms with Gasteiger partial charge >= 0.3 is 0 Å². The van der Waals surface area contributed by atoms with Gasteiger partial charge in [0.25, 0.3) is 5.91 Å². The topological polar surface area (TPSA) is 132 Å². The Kier molecular flexibility index (Phi) is 11.0. The van der Waals surface area contributed by atoms with Crippen LogP contribution in [0.3, 0.4) is 0 Å². The Bertz CT molecular complexity index is 1350. The van der Waals surface area contributed by atoms with Crippen molar-refractivity contribution in [3.63, 3.8) is 0 Å². The van der Waals surface area contributed by atoms with Crippen LogP contribution in [0.1, 0.15) is 28.8 Å². The first kappa shape index (κ1) is 32.3. The van der Waals surface area contributed by atoms with E-state index in [9.17, 15) is 28.7 Å². The Morgan fingerprint density at radius 3 is 2.38 bits per heavy atom. The van der Waals surface area contributed by atoms with Gasteiger partial charge in [-0.1, -0.05) is 18.2 Å². The number of piperazine rings is 1. The number of piperidine rings is 1. The third kappa shape index (κ3) is 8.35. The van der Waals surface area contributed by atoms with Crippen LogP contribution in [0.5, 0.6) is 5.75 Å². The molecule has 3 aliphatic heterocycles. The number of nitrogens with zero attached hydrogens (tertiary/aromatic N) is 4. The fourth-order valence-corrected chi connectivity index (χ4v) is 6.03. The fraction of sp³-hybridized carbons (Fsp3) is 0.500. The number of phenols is 1. The van der Waals surface area contributed by atoms with Gasteiger partial charge in [0.05, 0.1) is 19.8 Å². The third-order valence-electron chi connectivity index (χ3n) is 8.53. The second-order valence-electron chi connectivity index (χ2n) is 11.5. The summed E-state index contributed by atoms with van der Waals surface area (Å²) in [5.41, 5.74) is 1.11. The number of ether oxygens (including phenoxy) is 2. The second kappa shape index (κ2) is 15.3. The molecule has 12 nitrogen and oxygen atoms in total. The molecule has 0 spiro atoms. The fourth-order valence-electron chi connectivity index (χ4n) is 6.03. The Morgan fingerprint density at radius 2 is 1.62 bits per heavy atom. The van der Waals surface area contributed by atoms with Crippen LogP contribution in [0.2, 0.25) is 0 Å². The van der Waals surface area contributed by atoms with E-state index >= 15 is 0 Å². The highest BCUT2D eigenvalue weighted by Crippen LogP contribution is 2.23. The van der Waals surface area contributed by atoms with Gasteiger partial charge in [-0.15, -0.1) is 0 Å². The van der Waals surface area contributed by atoms with Crippen molar-refractivity contribution in [2.45, 2.75) is 31.5 Å². The number of halogens is 1. The molecule has 2 N–H and O–H groups in total. The molecule has 1 atom stereocenters. The molecule has 0 bridgehead atoms. The zero-order valence-electron chi connectivity index (χ0n) is 25.2. The van der Waals surface area contributed by atoms with Gasteiger partial charge in [0, 0.05) is 63.0 Å². The number of rotatable bonds is 4. The monoisotopic (exact) mass is 625 g/mol. The van der Waals surface area contributed by atoms with Crippen molar-refractivity contribution in [2.24, 2.45) is 0 Å². The standard InChI is InChI=1S/C32H40FN5O7/c33-25-7-5-23(6-8-25)32(43)36-12-9-26(10-13-36)38-21-29(40)37-15-14-35(19-24-3-1-2-4-28(24)39)20-27(37)31(42)34-11-16-44-17-18-45-22-30(38)41/h1-8,26-27,39H,9-22H2,(H,34,42)/t27-/m0/s1. The molecule has 4 amide bonds. The Hall–Kier alpha value is -4.07. The van der Waals surface area contributed by atoms with E-state index in [1.54, 1.807) is 17.0 Å². The van der Waals surface area contributed by atoms with Gasteiger partial charge in [-0.3, -0.25) is 24.1 Å². The maximum absolute atomic E-state index is 13.9. The van der Waals surface area contributed by atoms with E-state index < -0.39 is 11.9 Å². The Labute approximate surface area is 261 Å². The van der Waals surface area contributed by atoms with Gasteiger partial charge in [0.2, 0.25) is 17.7 Å². The number of fused-ring (bicyclic) bond motifs is 1. The number of para-hydroxylation sites is 1. The van der Waals surface area contributed by atoms with Crippen LogP contribution in [0.25, 0.3) is 0 Å². The summed E-state index contributed by atoms with van der Waals surface area (Å²) in [6.45, 7) is 2.65. The van der Waals surface area contributed by atoms with Gasteiger partial charge in [-0.2, -0.15) is 0 Å². The zero-order chi connectivity index (χ0) is 31.8. The summed E-state index contributed by atoms with van der Waals surface area (Å²) in [7, 11) is 0. The van der Waals surface area contributed by atoms with Crippen LogP contribution in [-0.2, 0) is 30.4 Å². The highest BCUT2D eigenvalue weighted by atomic mass is 19.1. The summed E-state index contributed by atoms with van der Waals surface area (Å²) in [5, 5.41) is 13.1. The van der Waals surface area contributed by atoms with Crippen molar-refractivity contribution in [2.75, 3.05) is 72.2 Å². The molecule has 0 aliphatic carbocycles. The van der Waals surface area contributed by atoms with Crippen LogP contribution in [0.4, 0.5) is 4.39 Å². The lowest BCUT2D eigenvalue weighted by molar-refractivity contribution is -0.151. The molecule has 3 aliphatic rings. The summed E-state index contributed by atoms with van der Waals surface area (Å²) < 4.78 is 24.5. The van der Waals surface area contributed by atoms with E-state index in [2.05, 4.69) is 5.32 Å². The molecule has 2 aromatic carbocycles. The van der Waals surface area contributed by atoms with E-state index in [1.807, 2.05) is 17.0 Å². The molecular weight excluding hydrogens is 585 g/mol. The maximum atomic E-state index is 13.9. The summed E-state index contributed by atoms with van der Waals surface area (Å²) in [6.07, 6.45) is 0.903. The average Bonchev–Trinajstić information content (AvgIpc) is 3.05. The molecule has 13 heteroatoms. The van der Waals surface area contributed by atoms with Gasteiger partial charge in [0.15, 0.2) is 0 Å². The van der Waals surface area contributed by atoms with Gasteiger partial charge in [0.1, 0.15) is 30.8 Å². The highest BCUT2D eigenvalue weighted by molar-refractivity contribution is 5.94. The molecular formula is C32H40FN5O7. The summed E-state index contributed by atoms with van der Waals surface area (Å²) in [4.78, 5) is 60.4. The molecule has 0 aromatic heterocycles. The largest absolute Gasteiger partial charge is 0.508 e. The van der Waals surface area contributed by atoms with Crippen molar-refractivity contribution < 1.29 is 38.1 Å². The lowest BCUT2D eigenvalue weighted by Crippen LogP contribution is -2.62. The van der Waals surface area contributed by atoms with Crippen LogP contribution >= 0.6 is 0 Å². The summed E-state index contributed by atoms with van der Waals surface area (Å²) in [6, 6.07) is 11.3. The maximum Gasteiger partial charge on any atom is 0.253 e. The Morgan fingerprint density at radius 1 is 0.889 bits per heavy atom. The first-order valence-electron chi connectivity index (χ1n) is 15.4. The zero-order valence-corrected chi connectivity index (χ0v) is 25.2. The molecule has 242 valence electrons. The van der Waals surface area contributed by atoms with Crippen molar-refractivity contribution >= 4 is 23.6 Å². The van der Waals surface area contributed by atoms with Crippen molar-refractivity contribution in [1.29, 1.82) is 0 Å². The lowest BCUT2D eigenvalue weighted by atomic mass is 10.0. The van der Waals surface area contributed by atoms with Crippen LogP contribution in [0.15, 0.2) is 48.5 Å². The van der Waals surface area contributed by atoms with Gasteiger partial charge in [-0.25, -0.2) is 4.39 Å². The first-order chi connectivity index (χ1) is 21.8. The van der Waals surface area contributed by atoms with Crippen molar-refractivity contribution in [3.05, 3.63) is 65.5 Å². The predicted octanol–water partition coefficient (Wildman–Crippen LogP) is 0.841. The van der Waals surface area contributed by atoms with E-state index in [0.29, 0.717) is 44.6 Å². The number of phenolic OH excluding ortho intramolecular Hbond substituents is 1. The quantitative estimate of drug-likeness (QED) is 0.511. The first-order valence-corrected chi connectivity index (χ1v) is 15.4. The smallest absolute Gasteiger partial charge is 0.253 e. The average molecular weight is 626 g/mol. The molecule has 0 radical (unpaired) electrons. The molecule has 45 heavy (non-hydrogen) atoms. The van der Waals surface area contributed by atoms with E-state index in [0.717, 1.165) is 5.56 Å². The van der Waals surface area contributed by atoms with Crippen molar-refractivity contribution in [3.8, 4) is 5.75 Å². The highest BCUT2D eigenvalue weighted by Gasteiger charge is 2.38. The molecule has 3 heterocycles. The predicted molar refractivity (Wildman–Crippen MR) is 161 cm³/mol. The molecule has 2 aromatic rings. The number of aromatic hydroxyl groups is 1. The Balaban J connectivity index is 1.29. The molecule has 0 unspecified atom stereocenters. The summed E-state index contributed by atoms with van der Waals surface area (Å²) >= 11 is 0. The minimum absolute atomic E-state index is 0.168. The molecule has 0 saturated carbocycles. The second-order valence-corrected chi connectivity index (χ2v) is 11.5. The number of carbonyl (C=O) groups excluding carboxylic acids is 4. The summed E-state index contributed by atoms with van der Waals surface area (Å²) in [5.74, 6) is -1.47. The minimum Gasteiger partial charge on any atom is -0.508 e. The van der Waals surface area contributed by atoms with Crippen LogP contribution in [0, 0.1) is 5.82 Å². The lowest BCUT2D eigenvalue weighted by Gasteiger charge is -2.43. The number of carbonyl (C=O) groups is 4. The van der Waals surface area contributed by atoms with Gasteiger partial charge in [-0.05, 0) is 43.2 Å². The molecule has 5 rings (SSSR count). The number of hydrogen-bond donors (Lipinski definition) is 2. The number of hydrogen-bond acceptors (Lipinski definition) is 8. The normalized spacial score (nSPS) is 21.9. The SMILES string of the molecule is O=C1NCCOCCOCC(=O)N(C2CCN(C(=O)c3ccc(F)cc3)CC2)CC(=O)N2CCN(Cc3ccccc3O)C[C@@H]12. The molecule has 3 saturated heterocycles. The van der Waals surface area contributed by atoms with E-state index in [-0.39, 0.29) is 88.0 Å². The van der Waals surface area contributed by atoms with Gasteiger partial charge < -0.3 is 34.6 Å². The van der Waals surface area contributed by atoms with Crippen molar-refractivity contribution in [1.82, 2.24) is 24.9 Å². The van der Waals surface area contributed by atoms with E-state index in [4.69, 9.17) is 9.47 Å². The van der Waals surface area contributed by atoms with E-state index in [1.165, 1.54) is 34.1 Å². The number of amides is 4. The number of likely N-dealkylation sites (tertiary alicyclic amines) is 1.